The maximum atomic E-state index is 12.3. The van der Waals surface area contributed by atoms with E-state index in [9.17, 15) is 4.79 Å². The van der Waals surface area contributed by atoms with Crippen LogP contribution in [0.2, 0.25) is 5.02 Å². The molecular formula is C15H14ClNO2. The van der Waals surface area contributed by atoms with E-state index in [0.717, 1.165) is 24.0 Å². The number of carbonyl (C=O) groups excluding carboxylic acids is 1. The fraction of sp³-hybridized carbons (Fsp3) is 0.267. The second-order valence-corrected chi connectivity index (χ2v) is 5.34. The number of hydrogen-bond acceptors (Lipinski definition) is 2. The molecule has 0 radical (unpaired) electrons. The lowest BCUT2D eigenvalue weighted by Crippen LogP contribution is -2.34. The van der Waals surface area contributed by atoms with Crippen molar-refractivity contribution in [1.82, 2.24) is 5.32 Å². The van der Waals surface area contributed by atoms with Gasteiger partial charge >= 0.3 is 0 Å². The van der Waals surface area contributed by atoms with Crippen molar-refractivity contribution in [2.45, 2.75) is 24.8 Å². The topological polar surface area (TPSA) is 42.2 Å². The first kappa shape index (κ1) is 12.3. The van der Waals surface area contributed by atoms with E-state index in [2.05, 4.69) is 5.32 Å². The Labute approximate surface area is 116 Å². The van der Waals surface area contributed by atoms with Gasteiger partial charge in [-0.05, 0) is 36.6 Å². The van der Waals surface area contributed by atoms with E-state index >= 15 is 0 Å². The van der Waals surface area contributed by atoms with Crippen LogP contribution in [0.3, 0.4) is 0 Å². The highest BCUT2D eigenvalue weighted by Gasteiger charge is 2.51. The van der Waals surface area contributed by atoms with Crippen LogP contribution >= 0.6 is 11.6 Å². The minimum atomic E-state index is -0.380. The molecule has 3 nitrogen and oxygen atoms in total. The van der Waals surface area contributed by atoms with Crippen LogP contribution < -0.4 is 5.32 Å². The highest BCUT2D eigenvalue weighted by molar-refractivity contribution is 6.30. The maximum Gasteiger partial charge on any atom is 0.230 e. The third-order valence-electron chi connectivity index (χ3n) is 3.60. The van der Waals surface area contributed by atoms with Crippen molar-refractivity contribution in [3.63, 3.8) is 0 Å². The van der Waals surface area contributed by atoms with Gasteiger partial charge in [-0.3, -0.25) is 4.79 Å². The minimum absolute atomic E-state index is 0.0657. The summed E-state index contributed by atoms with van der Waals surface area (Å²) in [7, 11) is 0. The number of furan rings is 1. The molecule has 0 spiro atoms. The summed E-state index contributed by atoms with van der Waals surface area (Å²) in [5.74, 6) is 0.0657. The van der Waals surface area contributed by atoms with E-state index < -0.39 is 0 Å². The normalized spacial score (nSPS) is 16.1. The van der Waals surface area contributed by atoms with Gasteiger partial charge in [-0.1, -0.05) is 23.7 Å². The molecule has 19 heavy (non-hydrogen) atoms. The Morgan fingerprint density at radius 3 is 2.84 bits per heavy atom. The van der Waals surface area contributed by atoms with Gasteiger partial charge in [-0.2, -0.15) is 0 Å². The standard InChI is InChI=1S/C15H14ClNO2/c16-13-3-1-2-12(8-13)15(5-6-15)14(18)17-9-11-4-7-19-10-11/h1-4,7-8,10H,5-6,9H2,(H,17,18). The molecule has 1 aromatic carbocycles. The maximum absolute atomic E-state index is 12.3. The number of benzene rings is 1. The van der Waals surface area contributed by atoms with Gasteiger partial charge < -0.3 is 9.73 Å². The Kier molecular flexibility index (Phi) is 3.07. The molecule has 1 aromatic heterocycles. The van der Waals surface area contributed by atoms with Crippen LogP contribution in [-0.4, -0.2) is 5.91 Å². The minimum Gasteiger partial charge on any atom is -0.472 e. The number of halogens is 1. The Morgan fingerprint density at radius 1 is 1.37 bits per heavy atom. The first-order chi connectivity index (χ1) is 9.21. The average molecular weight is 276 g/mol. The molecule has 2 aromatic rings. The van der Waals surface area contributed by atoms with E-state index in [1.165, 1.54) is 0 Å². The Bertz CT molecular complexity index is 588. The van der Waals surface area contributed by atoms with E-state index in [1.54, 1.807) is 12.5 Å². The lowest BCUT2D eigenvalue weighted by molar-refractivity contribution is -0.123. The SMILES string of the molecule is O=C(NCc1ccoc1)C1(c2cccc(Cl)c2)CC1. The lowest BCUT2D eigenvalue weighted by Gasteiger charge is -2.15. The number of amides is 1. The molecule has 0 atom stereocenters. The summed E-state index contributed by atoms with van der Waals surface area (Å²) in [5, 5.41) is 3.64. The van der Waals surface area contributed by atoms with Gasteiger partial charge in [0.15, 0.2) is 0 Å². The molecule has 0 bridgehead atoms. The predicted molar refractivity (Wildman–Crippen MR) is 72.9 cm³/mol. The molecule has 3 rings (SSSR count). The van der Waals surface area contributed by atoms with Gasteiger partial charge in [0, 0.05) is 17.1 Å². The van der Waals surface area contributed by atoms with E-state index in [-0.39, 0.29) is 11.3 Å². The summed E-state index contributed by atoms with van der Waals surface area (Å²) >= 11 is 6.00. The monoisotopic (exact) mass is 275 g/mol. The van der Waals surface area contributed by atoms with Gasteiger partial charge in [0.2, 0.25) is 5.91 Å². The van der Waals surface area contributed by atoms with Crippen molar-refractivity contribution in [2.75, 3.05) is 0 Å². The summed E-state index contributed by atoms with van der Waals surface area (Å²) in [6, 6.07) is 9.41. The molecule has 1 amide bonds. The average Bonchev–Trinajstić information content (AvgIpc) is 3.06. The van der Waals surface area contributed by atoms with Crippen molar-refractivity contribution in [3.8, 4) is 0 Å². The smallest absolute Gasteiger partial charge is 0.230 e. The second kappa shape index (κ2) is 4.74. The zero-order valence-corrected chi connectivity index (χ0v) is 11.1. The van der Waals surface area contributed by atoms with Crippen LogP contribution in [0.15, 0.2) is 47.3 Å². The third kappa shape index (κ3) is 2.38. The first-order valence-electron chi connectivity index (χ1n) is 6.26. The number of nitrogens with one attached hydrogen (secondary N) is 1. The number of rotatable bonds is 4. The highest BCUT2D eigenvalue weighted by Crippen LogP contribution is 2.48. The van der Waals surface area contributed by atoms with E-state index in [0.29, 0.717) is 11.6 Å². The largest absolute Gasteiger partial charge is 0.472 e. The van der Waals surface area contributed by atoms with Crippen molar-refractivity contribution >= 4 is 17.5 Å². The predicted octanol–water partition coefficient (Wildman–Crippen LogP) is 3.28. The highest BCUT2D eigenvalue weighted by atomic mass is 35.5. The zero-order chi connectivity index (χ0) is 13.3. The molecule has 1 aliphatic rings. The van der Waals surface area contributed by atoms with Crippen LogP contribution in [0, 0.1) is 0 Å². The van der Waals surface area contributed by atoms with Gasteiger partial charge in [-0.15, -0.1) is 0 Å². The number of hydrogen-bond donors (Lipinski definition) is 1. The third-order valence-corrected chi connectivity index (χ3v) is 3.83. The van der Waals surface area contributed by atoms with Crippen LogP contribution in [0.5, 0.6) is 0 Å². The Morgan fingerprint density at radius 2 is 2.21 bits per heavy atom. The molecule has 1 N–H and O–H groups in total. The molecule has 98 valence electrons. The van der Waals surface area contributed by atoms with E-state index in [1.807, 2.05) is 30.3 Å². The van der Waals surface area contributed by atoms with Gasteiger partial charge in [-0.25, -0.2) is 0 Å². The summed E-state index contributed by atoms with van der Waals surface area (Å²) in [6.07, 6.45) is 5.00. The zero-order valence-electron chi connectivity index (χ0n) is 10.4. The molecule has 4 heteroatoms. The van der Waals surface area contributed by atoms with Gasteiger partial charge in [0.25, 0.3) is 0 Å². The molecule has 1 saturated carbocycles. The first-order valence-corrected chi connectivity index (χ1v) is 6.64. The number of carbonyl (C=O) groups is 1. The van der Waals surface area contributed by atoms with Gasteiger partial charge in [0.05, 0.1) is 17.9 Å². The fourth-order valence-electron chi connectivity index (χ4n) is 2.30. The van der Waals surface area contributed by atoms with Crippen molar-refractivity contribution in [1.29, 1.82) is 0 Å². The van der Waals surface area contributed by atoms with Gasteiger partial charge in [0.1, 0.15) is 0 Å². The molecule has 1 heterocycles. The second-order valence-electron chi connectivity index (χ2n) is 4.91. The summed E-state index contributed by atoms with van der Waals surface area (Å²) in [5.41, 5.74) is 1.59. The van der Waals surface area contributed by atoms with Crippen LogP contribution in [0.4, 0.5) is 0 Å². The van der Waals surface area contributed by atoms with Crippen molar-refractivity contribution in [2.24, 2.45) is 0 Å². The summed E-state index contributed by atoms with van der Waals surface area (Å²) < 4.78 is 4.98. The lowest BCUT2D eigenvalue weighted by atomic mass is 9.95. The quantitative estimate of drug-likeness (QED) is 0.930. The van der Waals surface area contributed by atoms with E-state index in [4.69, 9.17) is 16.0 Å². The summed E-state index contributed by atoms with van der Waals surface area (Å²) in [4.78, 5) is 12.3. The molecule has 0 aliphatic heterocycles. The van der Waals surface area contributed by atoms with Crippen molar-refractivity contribution in [3.05, 3.63) is 59.0 Å². The fourth-order valence-corrected chi connectivity index (χ4v) is 2.49. The van der Waals surface area contributed by atoms with Crippen LogP contribution in [-0.2, 0) is 16.8 Å². The molecule has 0 unspecified atom stereocenters. The van der Waals surface area contributed by atoms with Crippen molar-refractivity contribution < 1.29 is 9.21 Å². The Hall–Kier alpha value is -1.74. The Balaban J connectivity index is 1.72. The molecule has 0 saturated heterocycles. The van der Waals surface area contributed by atoms with Crippen LogP contribution in [0.1, 0.15) is 24.0 Å². The molecular weight excluding hydrogens is 262 g/mol. The van der Waals surface area contributed by atoms with Crippen LogP contribution in [0.25, 0.3) is 0 Å². The molecule has 1 aliphatic carbocycles. The molecule has 1 fully saturated rings. The summed E-state index contributed by atoms with van der Waals surface area (Å²) in [6.45, 7) is 0.498.